The second-order valence-electron chi connectivity index (χ2n) is 4.27. The largest absolute Gasteiger partial charge is 0.323 e. The van der Waals surface area contributed by atoms with Gasteiger partial charge in [-0.05, 0) is 18.9 Å². The predicted molar refractivity (Wildman–Crippen MR) is 71.6 cm³/mol. The second kappa shape index (κ2) is 4.78. The zero-order valence-electron chi connectivity index (χ0n) is 10.0. The van der Waals surface area contributed by atoms with Gasteiger partial charge in [0.25, 0.3) is 0 Å². The van der Waals surface area contributed by atoms with E-state index in [2.05, 4.69) is 21.4 Å². The number of fused-ring (bicyclic) bond motifs is 1. The van der Waals surface area contributed by atoms with Crippen molar-refractivity contribution < 1.29 is 4.79 Å². The third-order valence-corrected chi connectivity index (χ3v) is 3.79. The molecular weight excluding hydrogens is 260 g/mol. The smallest absolute Gasteiger partial charge is 0.227 e. The van der Waals surface area contributed by atoms with Gasteiger partial charge in [0.15, 0.2) is 5.78 Å². The van der Waals surface area contributed by atoms with Crippen LogP contribution >= 0.6 is 11.3 Å². The summed E-state index contributed by atoms with van der Waals surface area (Å²) in [5, 5.41) is 13.7. The van der Waals surface area contributed by atoms with Crippen LogP contribution in [0.4, 0.5) is 11.6 Å². The zero-order chi connectivity index (χ0) is 13.2. The van der Waals surface area contributed by atoms with Crippen molar-refractivity contribution >= 4 is 28.8 Å². The first kappa shape index (κ1) is 11.8. The summed E-state index contributed by atoms with van der Waals surface area (Å²) in [4.78, 5) is 20.8. The monoisotopic (exact) mass is 270 g/mol. The van der Waals surface area contributed by atoms with Crippen LogP contribution in [0, 0.1) is 11.3 Å². The highest BCUT2D eigenvalue weighted by molar-refractivity contribution is 7.11. The summed E-state index contributed by atoms with van der Waals surface area (Å²) in [5.41, 5.74) is 2.24. The summed E-state index contributed by atoms with van der Waals surface area (Å²) < 4.78 is 0. The SMILES string of the molecule is N#Cc1cc(Nc2ncc3c(n2)CCCC3=O)cs1. The summed E-state index contributed by atoms with van der Waals surface area (Å²) in [5.74, 6) is 0.589. The number of carbonyl (C=O) groups is 1. The van der Waals surface area contributed by atoms with Crippen LogP contribution in [0.3, 0.4) is 0 Å². The van der Waals surface area contributed by atoms with Crippen molar-refractivity contribution in [2.24, 2.45) is 0 Å². The van der Waals surface area contributed by atoms with Crippen LogP contribution in [0.1, 0.15) is 33.8 Å². The molecule has 0 unspecified atom stereocenters. The van der Waals surface area contributed by atoms with E-state index in [1.54, 1.807) is 12.3 Å². The summed E-state index contributed by atoms with van der Waals surface area (Å²) in [6.07, 6.45) is 3.83. The Balaban J connectivity index is 1.86. The minimum absolute atomic E-state index is 0.120. The number of nitriles is 1. The molecule has 1 aliphatic carbocycles. The number of aryl methyl sites for hydroxylation is 1. The Morgan fingerprint density at radius 2 is 2.32 bits per heavy atom. The van der Waals surface area contributed by atoms with Gasteiger partial charge in [-0.15, -0.1) is 11.3 Å². The molecule has 94 valence electrons. The fourth-order valence-electron chi connectivity index (χ4n) is 2.04. The van der Waals surface area contributed by atoms with Gasteiger partial charge in [0.05, 0.1) is 16.9 Å². The van der Waals surface area contributed by atoms with Gasteiger partial charge in [-0.3, -0.25) is 4.79 Å². The Kier molecular flexibility index (Phi) is 2.97. The van der Waals surface area contributed by atoms with E-state index in [9.17, 15) is 4.79 Å². The molecule has 0 fully saturated rings. The molecule has 1 aliphatic rings. The fourth-order valence-corrected chi connectivity index (χ4v) is 2.67. The molecule has 2 heterocycles. The first-order valence-electron chi connectivity index (χ1n) is 5.91. The Hall–Kier alpha value is -2.26. The van der Waals surface area contributed by atoms with Gasteiger partial charge in [0.1, 0.15) is 10.9 Å². The highest BCUT2D eigenvalue weighted by atomic mass is 32.1. The molecule has 0 radical (unpaired) electrons. The second-order valence-corrected chi connectivity index (χ2v) is 5.18. The van der Waals surface area contributed by atoms with Crippen molar-refractivity contribution in [3.8, 4) is 6.07 Å². The average Bonchev–Trinajstić information content (AvgIpc) is 2.86. The number of anilines is 2. The van der Waals surface area contributed by atoms with Crippen molar-refractivity contribution in [3.05, 3.63) is 33.8 Å². The van der Waals surface area contributed by atoms with Gasteiger partial charge in [-0.25, -0.2) is 9.97 Å². The van der Waals surface area contributed by atoms with Crippen molar-refractivity contribution in [2.75, 3.05) is 5.32 Å². The minimum atomic E-state index is 0.120. The maximum atomic E-state index is 11.7. The number of Topliss-reactive ketones (excluding diaryl/α,β-unsaturated/α-hetero) is 1. The van der Waals surface area contributed by atoms with Gasteiger partial charge >= 0.3 is 0 Å². The van der Waals surface area contributed by atoms with Gasteiger partial charge in [-0.2, -0.15) is 5.26 Å². The van der Waals surface area contributed by atoms with Crippen LogP contribution in [0.15, 0.2) is 17.6 Å². The maximum absolute atomic E-state index is 11.7. The lowest BCUT2D eigenvalue weighted by Crippen LogP contribution is -2.14. The Labute approximate surface area is 113 Å². The first-order valence-corrected chi connectivity index (χ1v) is 6.79. The predicted octanol–water partition coefficient (Wildman–Crippen LogP) is 2.67. The topological polar surface area (TPSA) is 78.7 Å². The number of hydrogen-bond donors (Lipinski definition) is 1. The van der Waals surface area contributed by atoms with Crippen LogP contribution in [0.2, 0.25) is 0 Å². The summed E-state index contributed by atoms with van der Waals surface area (Å²) in [6, 6.07) is 3.83. The molecule has 0 saturated carbocycles. The molecule has 2 aromatic heterocycles. The minimum Gasteiger partial charge on any atom is -0.323 e. The number of nitrogens with one attached hydrogen (secondary N) is 1. The normalized spacial score (nSPS) is 13.7. The Morgan fingerprint density at radius 3 is 3.11 bits per heavy atom. The van der Waals surface area contributed by atoms with Crippen molar-refractivity contribution in [3.63, 3.8) is 0 Å². The molecule has 0 amide bonds. The third-order valence-electron chi connectivity index (χ3n) is 2.95. The lowest BCUT2D eigenvalue weighted by atomic mass is 9.96. The maximum Gasteiger partial charge on any atom is 0.227 e. The number of rotatable bonds is 2. The number of nitrogens with zero attached hydrogens (tertiary/aromatic N) is 3. The molecule has 6 heteroatoms. The number of carbonyl (C=O) groups excluding carboxylic acids is 1. The molecule has 19 heavy (non-hydrogen) atoms. The molecule has 0 saturated heterocycles. The number of hydrogen-bond acceptors (Lipinski definition) is 6. The molecule has 3 rings (SSSR count). The zero-order valence-corrected chi connectivity index (χ0v) is 10.8. The van der Waals surface area contributed by atoms with E-state index >= 15 is 0 Å². The molecule has 2 aromatic rings. The lowest BCUT2D eigenvalue weighted by Gasteiger charge is -2.13. The van der Waals surface area contributed by atoms with Crippen LogP contribution in [0.5, 0.6) is 0 Å². The summed E-state index contributed by atoms with van der Waals surface area (Å²) in [7, 11) is 0. The molecule has 5 nitrogen and oxygen atoms in total. The molecule has 0 aliphatic heterocycles. The van der Waals surface area contributed by atoms with E-state index in [0.717, 1.165) is 24.2 Å². The molecular formula is C13H10N4OS. The summed E-state index contributed by atoms with van der Waals surface area (Å²) >= 11 is 1.36. The van der Waals surface area contributed by atoms with Gasteiger partial charge in [0, 0.05) is 18.0 Å². The van der Waals surface area contributed by atoms with Crippen molar-refractivity contribution in [2.45, 2.75) is 19.3 Å². The van der Waals surface area contributed by atoms with Gasteiger partial charge in [-0.1, -0.05) is 0 Å². The van der Waals surface area contributed by atoms with E-state index in [-0.39, 0.29) is 5.78 Å². The highest BCUT2D eigenvalue weighted by Gasteiger charge is 2.19. The Bertz CT molecular complexity index is 686. The number of ketones is 1. The van der Waals surface area contributed by atoms with E-state index in [4.69, 9.17) is 5.26 Å². The van der Waals surface area contributed by atoms with E-state index < -0.39 is 0 Å². The molecule has 0 aromatic carbocycles. The van der Waals surface area contributed by atoms with Crippen molar-refractivity contribution in [1.29, 1.82) is 5.26 Å². The van der Waals surface area contributed by atoms with Crippen molar-refractivity contribution in [1.82, 2.24) is 9.97 Å². The van der Waals surface area contributed by atoms with Crippen LogP contribution in [-0.4, -0.2) is 15.8 Å². The van der Waals surface area contributed by atoms with Crippen LogP contribution in [-0.2, 0) is 6.42 Å². The fraction of sp³-hybridized carbons (Fsp3) is 0.231. The molecule has 1 N–H and O–H groups in total. The number of thiophene rings is 1. The van der Waals surface area contributed by atoms with Gasteiger partial charge in [0.2, 0.25) is 5.95 Å². The first-order chi connectivity index (χ1) is 9.26. The van der Waals surface area contributed by atoms with Crippen LogP contribution in [0.25, 0.3) is 0 Å². The average molecular weight is 270 g/mol. The molecule has 0 spiro atoms. The van der Waals surface area contributed by atoms with E-state index in [1.807, 2.05) is 5.38 Å². The molecule has 0 atom stereocenters. The standard InChI is InChI=1S/C13H10N4OS/c14-5-9-4-8(7-19-9)16-13-15-6-10-11(17-13)2-1-3-12(10)18/h4,6-7H,1-3H2,(H,15,16,17). The summed E-state index contributed by atoms with van der Waals surface area (Å²) in [6.45, 7) is 0. The molecule has 0 bridgehead atoms. The Morgan fingerprint density at radius 1 is 1.42 bits per heavy atom. The van der Waals surface area contributed by atoms with Gasteiger partial charge < -0.3 is 5.32 Å². The van der Waals surface area contributed by atoms with E-state index in [1.165, 1.54) is 11.3 Å². The third kappa shape index (κ3) is 2.33. The van der Waals surface area contributed by atoms with E-state index in [0.29, 0.717) is 22.8 Å². The number of aromatic nitrogens is 2. The highest BCUT2D eigenvalue weighted by Crippen LogP contribution is 2.23. The van der Waals surface area contributed by atoms with Crippen LogP contribution < -0.4 is 5.32 Å². The lowest BCUT2D eigenvalue weighted by molar-refractivity contribution is 0.0971. The quantitative estimate of drug-likeness (QED) is 0.907.